The lowest BCUT2D eigenvalue weighted by molar-refractivity contribution is 0.315. The van der Waals surface area contributed by atoms with Gasteiger partial charge in [-0.25, -0.2) is 0 Å². The standard InChI is InChI=1S/C11H13Cl2NO/c1-14-9-3-2-4-15-10-6-7(12)5-8(13)11(9)10/h5-6,9,14H,2-4H2,1H3. The third-order valence-electron chi connectivity index (χ3n) is 2.65. The predicted octanol–water partition coefficient (Wildman–Crippen LogP) is 3.43. The number of fused-ring (bicyclic) bond motifs is 1. The molecule has 1 aromatic rings. The van der Waals surface area contributed by atoms with Gasteiger partial charge in [0, 0.05) is 16.6 Å². The van der Waals surface area contributed by atoms with E-state index in [9.17, 15) is 0 Å². The van der Waals surface area contributed by atoms with Crippen LogP contribution in [0.25, 0.3) is 0 Å². The van der Waals surface area contributed by atoms with E-state index in [0.29, 0.717) is 10.0 Å². The maximum Gasteiger partial charge on any atom is 0.127 e. The Morgan fingerprint density at radius 1 is 1.40 bits per heavy atom. The first-order valence-corrected chi connectivity index (χ1v) is 5.77. The van der Waals surface area contributed by atoms with Crippen LogP contribution in [0.2, 0.25) is 10.0 Å². The Morgan fingerprint density at radius 2 is 2.20 bits per heavy atom. The van der Waals surface area contributed by atoms with Crippen LogP contribution in [0.4, 0.5) is 0 Å². The molecule has 0 radical (unpaired) electrons. The van der Waals surface area contributed by atoms with Crippen molar-refractivity contribution in [1.29, 1.82) is 0 Å². The van der Waals surface area contributed by atoms with Gasteiger partial charge in [0.05, 0.1) is 11.6 Å². The minimum absolute atomic E-state index is 0.257. The second-order valence-corrected chi connectivity index (χ2v) is 4.48. The van der Waals surface area contributed by atoms with Crippen LogP contribution >= 0.6 is 23.2 Å². The van der Waals surface area contributed by atoms with Crippen molar-refractivity contribution in [3.8, 4) is 5.75 Å². The fourth-order valence-corrected chi connectivity index (χ4v) is 2.53. The summed E-state index contributed by atoms with van der Waals surface area (Å²) >= 11 is 12.1. The van der Waals surface area contributed by atoms with Crippen molar-refractivity contribution < 1.29 is 4.74 Å². The topological polar surface area (TPSA) is 21.3 Å². The molecule has 0 spiro atoms. The normalized spacial score (nSPS) is 20.3. The molecule has 0 fully saturated rings. The summed E-state index contributed by atoms with van der Waals surface area (Å²) in [5, 5.41) is 4.55. The molecule has 2 nitrogen and oxygen atoms in total. The summed E-state index contributed by atoms with van der Waals surface area (Å²) in [5.41, 5.74) is 1.03. The number of rotatable bonds is 1. The first-order chi connectivity index (χ1) is 7.22. The van der Waals surface area contributed by atoms with Crippen LogP contribution in [0.5, 0.6) is 5.75 Å². The molecular formula is C11H13Cl2NO. The molecule has 2 rings (SSSR count). The van der Waals surface area contributed by atoms with E-state index in [1.807, 2.05) is 13.1 Å². The van der Waals surface area contributed by atoms with Gasteiger partial charge in [-0.05, 0) is 32.0 Å². The zero-order valence-corrected chi connectivity index (χ0v) is 10.0. The molecule has 1 aromatic carbocycles. The van der Waals surface area contributed by atoms with Crippen LogP contribution in [0.1, 0.15) is 24.4 Å². The summed E-state index contributed by atoms with van der Waals surface area (Å²) in [7, 11) is 1.94. The van der Waals surface area contributed by atoms with Crippen molar-refractivity contribution in [2.75, 3.05) is 13.7 Å². The Hall–Kier alpha value is -0.440. The Morgan fingerprint density at radius 3 is 2.93 bits per heavy atom. The number of hydrogen-bond donors (Lipinski definition) is 1. The molecule has 15 heavy (non-hydrogen) atoms. The second kappa shape index (κ2) is 4.60. The average molecular weight is 246 g/mol. The van der Waals surface area contributed by atoms with Crippen molar-refractivity contribution >= 4 is 23.2 Å². The van der Waals surface area contributed by atoms with Crippen molar-refractivity contribution in [1.82, 2.24) is 5.32 Å². The lowest BCUT2D eigenvalue weighted by Gasteiger charge is -2.17. The first kappa shape index (κ1) is 11.1. The minimum Gasteiger partial charge on any atom is -0.493 e. The molecular weight excluding hydrogens is 233 g/mol. The maximum absolute atomic E-state index is 6.19. The van der Waals surface area contributed by atoms with E-state index >= 15 is 0 Å². The van der Waals surface area contributed by atoms with E-state index in [2.05, 4.69) is 5.32 Å². The number of hydrogen-bond acceptors (Lipinski definition) is 2. The van der Waals surface area contributed by atoms with E-state index in [0.717, 1.165) is 30.8 Å². The first-order valence-electron chi connectivity index (χ1n) is 5.01. The van der Waals surface area contributed by atoms with Gasteiger partial charge < -0.3 is 10.1 Å². The van der Waals surface area contributed by atoms with Crippen LogP contribution < -0.4 is 10.1 Å². The van der Waals surface area contributed by atoms with Gasteiger partial charge in [-0.2, -0.15) is 0 Å². The zero-order valence-electron chi connectivity index (χ0n) is 8.52. The van der Waals surface area contributed by atoms with Crippen molar-refractivity contribution in [2.24, 2.45) is 0 Å². The molecule has 0 saturated heterocycles. The monoisotopic (exact) mass is 245 g/mol. The summed E-state index contributed by atoms with van der Waals surface area (Å²) < 4.78 is 5.63. The smallest absolute Gasteiger partial charge is 0.127 e. The highest BCUT2D eigenvalue weighted by molar-refractivity contribution is 6.35. The van der Waals surface area contributed by atoms with Crippen LogP contribution in [0.3, 0.4) is 0 Å². The quantitative estimate of drug-likeness (QED) is 0.819. The minimum atomic E-state index is 0.257. The molecule has 0 amide bonds. The van der Waals surface area contributed by atoms with Crippen LogP contribution in [0, 0.1) is 0 Å². The molecule has 4 heteroatoms. The van der Waals surface area contributed by atoms with Gasteiger partial charge in [0.2, 0.25) is 0 Å². The summed E-state index contributed by atoms with van der Waals surface area (Å²) in [6.07, 6.45) is 2.05. The molecule has 1 heterocycles. The number of nitrogens with one attached hydrogen (secondary N) is 1. The van der Waals surface area contributed by atoms with Crippen LogP contribution in [-0.4, -0.2) is 13.7 Å². The number of halogens is 2. The molecule has 0 aliphatic carbocycles. The van der Waals surface area contributed by atoms with Gasteiger partial charge in [0.15, 0.2) is 0 Å². The fourth-order valence-electron chi connectivity index (χ4n) is 1.92. The SMILES string of the molecule is CNC1CCCOc2cc(Cl)cc(Cl)c21. The van der Waals surface area contributed by atoms with Gasteiger partial charge in [-0.1, -0.05) is 23.2 Å². The van der Waals surface area contributed by atoms with Gasteiger partial charge in [-0.3, -0.25) is 0 Å². The molecule has 0 saturated carbocycles. The van der Waals surface area contributed by atoms with Gasteiger partial charge in [0.25, 0.3) is 0 Å². The van der Waals surface area contributed by atoms with Crippen LogP contribution in [-0.2, 0) is 0 Å². The highest BCUT2D eigenvalue weighted by atomic mass is 35.5. The summed E-state index contributed by atoms with van der Waals surface area (Å²) in [6.45, 7) is 0.724. The molecule has 1 atom stereocenters. The predicted molar refractivity (Wildman–Crippen MR) is 63.0 cm³/mol. The Bertz CT molecular complexity index is 368. The zero-order chi connectivity index (χ0) is 10.8. The van der Waals surface area contributed by atoms with Crippen molar-refractivity contribution in [3.05, 3.63) is 27.7 Å². The van der Waals surface area contributed by atoms with Crippen LogP contribution in [0.15, 0.2) is 12.1 Å². The Balaban J connectivity index is 2.50. The van der Waals surface area contributed by atoms with Crippen molar-refractivity contribution in [2.45, 2.75) is 18.9 Å². The lowest BCUT2D eigenvalue weighted by Crippen LogP contribution is -2.16. The second-order valence-electron chi connectivity index (χ2n) is 3.63. The average Bonchev–Trinajstić information content (AvgIpc) is 2.39. The molecule has 0 aromatic heterocycles. The summed E-state index contributed by atoms with van der Waals surface area (Å²) in [5.74, 6) is 0.810. The van der Waals surface area contributed by atoms with E-state index in [4.69, 9.17) is 27.9 Å². The molecule has 0 bridgehead atoms. The molecule has 1 N–H and O–H groups in total. The Labute approximate surface area is 99.5 Å². The van der Waals surface area contributed by atoms with Gasteiger partial charge in [0.1, 0.15) is 5.75 Å². The maximum atomic E-state index is 6.19. The number of ether oxygens (including phenoxy) is 1. The Kier molecular flexibility index (Phi) is 3.39. The highest BCUT2D eigenvalue weighted by Gasteiger charge is 2.21. The van der Waals surface area contributed by atoms with Crippen molar-refractivity contribution in [3.63, 3.8) is 0 Å². The number of benzene rings is 1. The third-order valence-corrected chi connectivity index (χ3v) is 3.18. The summed E-state index contributed by atoms with van der Waals surface area (Å²) in [4.78, 5) is 0. The molecule has 1 aliphatic rings. The largest absolute Gasteiger partial charge is 0.493 e. The van der Waals surface area contributed by atoms with E-state index < -0.39 is 0 Å². The van der Waals surface area contributed by atoms with E-state index in [1.165, 1.54) is 0 Å². The van der Waals surface area contributed by atoms with Gasteiger partial charge in [-0.15, -0.1) is 0 Å². The fraction of sp³-hybridized carbons (Fsp3) is 0.455. The summed E-state index contributed by atoms with van der Waals surface area (Å²) in [6, 6.07) is 3.85. The lowest BCUT2D eigenvalue weighted by atomic mass is 10.0. The molecule has 1 unspecified atom stereocenters. The third kappa shape index (κ3) is 2.22. The van der Waals surface area contributed by atoms with Gasteiger partial charge >= 0.3 is 0 Å². The van der Waals surface area contributed by atoms with E-state index in [-0.39, 0.29) is 6.04 Å². The molecule has 82 valence electrons. The van der Waals surface area contributed by atoms with E-state index in [1.54, 1.807) is 6.07 Å². The highest BCUT2D eigenvalue weighted by Crippen LogP contribution is 2.38. The molecule has 1 aliphatic heterocycles.